The summed E-state index contributed by atoms with van der Waals surface area (Å²) in [6.07, 6.45) is 0. The van der Waals surface area contributed by atoms with Crippen molar-refractivity contribution in [1.82, 2.24) is 5.32 Å². The van der Waals surface area contributed by atoms with E-state index in [1.807, 2.05) is 0 Å². The molecule has 2 rings (SSSR count). The van der Waals surface area contributed by atoms with E-state index in [1.54, 1.807) is 24.3 Å². The lowest BCUT2D eigenvalue weighted by Gasteiger charge is -2.14. The van der Waals surface area contributed by atoms with Gasteiger partial charge in [0.2, 0.25) is 15.8 Å². The first-order valence-electron chi connectivity index (χ1n) is 7.50. The van der Waals surface area contributed by atoms with E-state index in [2.05, 4.69) is 5.32 Å². The summed E-state index contributed by atoms with van der Waals surface area (Å²) in [6, 6.07) is 9.01. The maximum absolute atomic E-state index is 12.4. The van der Waals surface area contributed by atoms with Gasteiger partial charge in [0.1, 0.15) is 0 Å². The molecular formula is C17H20N2O6S. The first kappa shape index (κ1) is 19.5. The fourth-order valence-electron chi connectivity index (χ4n) is 2.29. The van der Waals surface area contributed by atoms with E-state index in [4.69, 9.17) is 19.3 Å². The molecule has 1 amide bonds. The van der Waals surface area contributed by atoms with Gasteiger partial charge in [0.25, 0.3) is 5.91 Å². The predicted octanol–water partition coefficient (Wildman–Crippen LogP) is 1.29. The summed E-state index contributed by atoms with van der Waals surface area (Å²) in [4.78, 5) is 12.4. The van der Waals surface area contributed by atoms with Crippen LogP contribution in [0.25, 0.3) is 0 Å². The summed E-state index contributed by atoms with van der Waals surface area (Å²) in [5.74, 6) is 0.786. The van der Waals surface area contributed by atoms with Gasteiger partial charge in [-0.15, -0.1) is 0 Å². The number of hydrogen-bond acceptors (Lipinski definition) is 6. The first-order valence-corrected chi connectivity index (χ1v) is 9.04. The molecule has 0 spiro atoms. The molecule has 0 fully saturated rings. The van der Waals surface area contributed by atoms with Crippen LogP contribution < -0.4 is 24.7 Å². The van der Waals surface area contributed by atoms with Crippen LogP contribution in [0.15, 0.2) is 41.3 Å². The van der Waals surface area contributed by atoms with E-state index in [0.29, 0.717) is 22.8 Å². The third kappa shape index (κ3) is 4.44. The van der Waals surface area contributed by atoms with Crippen molar-refractivity contribution in [3.8, 4) is 17.2 Å². The van der Waals surface area contributed by atoms with Crippen molar-refractivity contribution >= 4 is 15.9 Å². The molecule has 0 atom stereocenters. The number of nitrogens with one attached hydrogen (secondary N) is 1. The molecule has 0 saturated heterocycles. The number of amides is 1. The minimum atomic E-state index is -3.74. The Hall–Kier alpha value is -2.78. The van der Waals surface area contributed by atoms with Crippen molar-refractivity contribution in [2.24, 2.45) is 5.14 Å². The predicted molar refractivity (Wildman–Crippen MR) is 95.1 cm³/mol. The lowest BCUT2D eigenvalue weighted by atomic mass is 10.1. The fourth-order valence-corrected chi connectivity index (χ4v) is 2.81. The molecule has 0 unspecified atom stereocenters. The molecule has 9 heteroatoms. The Morgan fingerprint density at radius 2 is 1.54 bits per heavy atom. The van der Waals surface area contributed by atoms with Gasteiger partial charge in [-0.3, -0.25) is 4.79 Å². The topological polar surface area (TPSA) is 117 Å². The van der Waals surface area contributed by atoms with Crippen LogP contribution in [0.3, 0.4) is 0 Å². The molecule has 8 nitrogen and oxygen atoms in total. The second-order valence-corrected chi connectivity index (χ2v) is 6.85. The highest BCUT2D eigenvalue weighted by Gasteiger charge is 2.17. The molecule has 0 aliphatic rings. The molecule has 0 aliphatic heterocycles. The number of carbonyl (C=O) groups excluding carboxylic acids is 1. The largest absolute Gasteiger partial charge is 0.493 e. The number of carbonyl (C=O) groups is 1. The molecule has 0 aliphatic carbocycles. The Bertz CT molecular complexity index is 869. The van der Waals surface area contributed by atoms with Gasteiger partial charge in [-0.05, 0) is 29.8 Å². The Kier molecular flexibility index (Phi) is 6.06. The molecule has 0 aromatic heterocycles. The lowest BCUT2D eigenvalue weighted by molar-refractivity contribution is 0.0950. The number of rotatable bonds is 7. The van der Waals surface area contributed by atoms with Crippen molar-refractivity contribution in [1.29, 1.82) is 0 Å². The average Bonchev–Trinajstić information content (AvgIpc) is 2.64. The number of nitrogens with two attached hydrogens (primary N) is 1. The third-order valence-corrected chi connectivity index (χ3v) is 4.56. The number of benzene rings is 2. The van der Waals surface area contributed by atoms with Crippen LogP contribution >= 0.6 is 0 Å². The van der Waals surface area contributed by atoms with Crippen LogP contribution in [0, 0.1) is 0 Å². The monoisotopic (exact) mass is 380 g/mol. The van der Waals surface area contributed by atoms with Gasteiger partial charge in [-0.1, -0.05) is 12.1 Å². The van der Waals surface area contributed by atoms with Gasteiger partial charge in [-0.2, -0.15) is 0 Å². The van der Waals surface area contributed by atoms with E-state index >= 15 is 0 Å². The normalized spacial score (nSPS) is 10.9. The summed E-state index contributed by atoms with van der Waals surface area (Å²) in [5.41, 5.74) is 1.05. The zero-order valence-corrected chi connectivity index (χ0v) is 15.4. The molecule has 2 aromatic carbocycles. The lowest BCUT2D eigenvalue weighted by Crippen LogP contribution is -2.23. The molecule has 26 heavy (non-hydrogen) atoms. The number of ether oxygens (including phenoxy) is 3. The molecule has 0 radical (unpaired) electrons. The summed E-state index contributed by atoms with van der Waals surface area (Å²) < 4.78 is 38.2. The van der Waals surface area contributed by atoms with Crippen LogP contribution in [-0.4, -0.2) is 35.7 Å². The minimum Gasteiger partial charge on any atom is -0.493 e. The Morgan fingerprint density at radius 1 is 1.00 bits per heavy atom. The molecule has 3 N–H and O–H groups in total. The van der Waals surface area contributed by atoms with Crippen molar-refractivity contribution in [3.63, 3.8) is 0 Å². The van der Waals surface area contributed by atoms with Crippen molar-refractivity contribution in [3.05, 3.63) is 47.5 Å². The van der Waals surface area contributed by atoms with E-state index in [9.17, 15) is 13.2 Å². The van der Waals surface area contributed by atoms with E-state index in [-0.39, 0.29) is 17.3 Å². The SMILES string of the molecule is COc1cc(C(=O)NCc2ccc(S(N)(=O)=O)cc2)cc(OC)c1OC. The highest BCUT2D eigenvalue weighted by molar-refractivity contribution is 7.89. The summed E-state index contributed by atoms with van der Waals surface area (Å²) in [7, 11) is 0.663. The highest BCUT2D eigenvalue weighted by Crippen LogP contribution is 2.38. The fraction of sp³-hybridized carbons (Fsp3) is 0.235. The van der Waals surface area contributed by atoms with Gasteiger partial charge >= 0.3 is 0 Å². The van der Waals surface area contributed by atoms with Gasteiger partial charge < -0.3 is 19.5 Å². The van der Waals surface area contributed by atoms with Crippen LogP contribution in [0.5, 0.6) is 17.2 Å². The summed E-state index contributed by atoms with van der Waals surface area (Å²) in [5, 5.41) is 7.79. The molecule has 0 bridgehead atoms. The quantitative estimate of drug-likeness (QED) is 0.747. The van der Waals surface area contributed by atoms with Crippen molar-refractivity contribution < 1.29 is 27.4 Å². The van der Waals surface area contributed by atoms with Crippen LogP contribution in [-0.2, 0) is 16.6 Å². The Balaban J connectivity index is 2.15. The number of sulfonamides is 1. The Morgan fingerprint density at radius 3 is 1.96 bits per heavy atom. The second kappa shape index (κ2) is 8.07. The number of hydrogen-bond donors (Lipinski definition) is 2. The smallest absolute Gasteiger partial charge is 0.251 e. The standard InChI is InChI=1S/C17H20N2O6S/c1-23-14-8-12(9-15(24-2)16(14)25-3)17(20)19-10-11-4-6-13(7-5-11)26(18,21)22/h4-9H,10H2,1-3H3,(H,19,20)(H2,18,21,22). The van der Waals surface area contributed by atoms with E-state index < -0.39 is 10.0 Å². The van der Waals surface area contributed by atoms with E-state index in [1.165, 1.54) is 33.5 Å². The van der Waals surface area contributed by atoms with Gasteiger partial charge in [0.15, 0.2) is 11.5 Å². The zero-order valence-electron chi connectivity index (χ0n) is 14.6. The number of methoxy groups -OCH3 is 3. The maximum atomic E-state index is 12.4. The maximum Gasteiger partial charge on any atom is 0.251 e. The molecule has 140 valence electrons. The summed E-state index contributed by atoms with van der Waals surface area (Å²) >= 11 is 0. The highest BCUT2D eigenvalue weighted by atomic mass is 32.2. The van der Waals surface area contributed by atoms with Crippen LogP contribution in [0.1, 0.15) is 15.9 Å². The second-order valence-electron chi connectivity index (χ2n) is 5.29. The average molecular weight is 380 g/mol. The Labute approximate surface area is 151 Å². The third-order valence-electron chi connectivity index (χ3n) is 3.63. The molecule has 2 aromatic rings. The zero-order chi connectivity index (χ0) is 19.3. The first-order chi connectivity index (χ1) is 12.3. The molecule has 0 saturated carbocycles. The van der Waals surface area contributed by atoms with Crippen LogP contribution in [0.4, 0.5) is 0 Å². The van der Waals surface area contributed by atoms with Crippen molar-refractivity contribution in [2.75, 3.05) is 21.3 Å². The van der Waals surface area contributed by atoms with Gasteiger partial charge in [-0.25, -0.2) is 13.6 Å². The van der Waals surface area contributed by atoms with Crippen LogP contribution in [0.2, 0.25) is 0 Å². The summed E-state index contributed by atoms with van der Waals surface area (Å²) in [6.45, 7) is 0.209. The number of primary sulfonamides is 1. The van der Waals surface area contributed by atoms with E-state index in [0.717, 1.165) is 5.56 Å². The molecular weight excluding hydrogens is 360 g/mol. The van der Waals surface area contributed by atoms with Gasteiger partial charge in [0.05, 0.1) is 26.2 Å². The van der Waals surface area contributed by atoms with Gasteiger partial charge in [0, 0.05) is 12.1 Å². The van der Waals surface area contributed by atoms with Crippen molar-refractivity contribution in [2.45, 2.75) is 11.4 Å². The minimum absolute atomic E-state index is 0.0113. The molecule has 0 heterocycles.